The van der Waals surface area contributed by atoms with E-state index in [1.807, 2.05) is 13.8 Å². The summed E-state index contributed by atoms with van der Waals surface area (Å²) in [5, 5.41) is 6.68. The molecule has 1 unspecified atom stereocenters. The summed E-state index contributed by atoms with van der Waals surface area (Å²) in [6, 6.07) is 5.18. The minimum absolute atomic E-state index is 0.0493. The minimum Gasteiger partial charge on any atom is -0.479 e. The van der Waals surface area contributed by atoms with E-state index < -0.39 is 6.10 Å². The lowest BCUT2D eigenvalue weighted by Crippen LogP contribution is -2.44. The third-order valence-electron chi connectivity index (χ3n) is 4.22. The summed E-state index contributed by atoms with van der Waals surface area (Å²) >= 11 is 0. The van der Waals surface area contributed by atoms with Crippen LogP contribution in [0.5, 0.6) is 5.75 Å². The first-order valence-corrected chi connectivity index (χ1v) is 8.23. The van der Waals surface area contributed by atoms with Crippen molar-refractivity contribution in [1.29, 1.82) is 0 Å². The normalized spacial score (nSPS) is 16.2. The summed E-state index contributed by atoms with van der Waals surface area (Å²) in [6.45, 7) is 5.62. The molecule has 0 bridgehead atoms. The average Bonchev–Trinajstić information content (AvgIpc) is 2.91. The zero-order valence-electron chi connectivity index (χ0n) is 15.2. The van der Waals surface area contributed by atoms with Gasteiger partial charge in [-0.3, -0.25) is 9.59 Å². The number of fused-ring (bicyclic) bond motifs is 1. The largest absolute Gasteiger partial charge is 0.479 e. The topological polar surface area (TPSA) is 93.9 Å². The number of rotatable bonds is 5. The van der Waals surface area contributed by atoms with Crippen molar-refractivity contribution in [2.75, 3.05) is 23.9 Å². The maximum absolute atomic E-state index is 12.7. The van der Waals surface area contributed by atoms with Gasteiger partial charge in [0.15, 0.2) is 6.10 Å². The molecule has 2 heterocycles. The average molecular weight is 359 g/mol. The summed E-state index contributed by atoms with van der Waals surface area (Å²) in [5.41, 5.74) is 2.73. The lowest BCUT2D eigenvalue weighted by Gasteiger charge is -2.33. The number of carbonyl (C=O) groups excluding carboxylic acids is 2. The second-order valence-electron chi connectivity index (χ2n) is 6.15. The van der Waals surface area contributed by atoms with Crippen LogP contribution >= 0.6 is 0 Å². The Morgan fingerprint density at radius 1 is 1.38 bits per heavy atom. The number of methoxy groups -OCH3 is 1. The van der Waals surface area contributed by atoms with Crippen LogP contribution in [0.25, 0.3) is 0 Å². The molecule has 138 valence electrons. The fourth-order valence-electron chi connectivity index (χ4n) is 2.86. The highest BCUT2D eigenvalue weighted by Crippen LogP contribution is 2.37. The van der Waals surface area contributed by atoms with Crippen LogP contribution in [0.1, 0.15) is 23.9 Å². The molecule has 26 heavy (non-hydrogen) atoms. The molecule has 0 spiro atoms. The summed E-state index contributed by atoms with van der Waals surface area (Å²) in [5.74, 6) is 0.799. The van der Waals surface area contributed by atoms with Gasteiger partial charge in [0.25, 0.3) is 5.91 Å². The summed E-state index contributed by atoms with van der Waals surface area (Å²) < 4.78 is 15.7. The number of aryl methyl sites for hydroxylation is 2. The molecule has 0 radical (unpaired) electrons. The van der Waals surface area contributed by atoms with Gasteiger partial charge in [0, 0.05) is 18.4 Å². The number of anilines is 2. The van der Waals surface area contributed by atoms with E-state index in [9.17, 15) is 9.59 Å². The Kier molecular flexibility index (Phi) is 4.94. The van der Waals surface area contributed by atoms with Gasteiger partial charge in [0.2, 0.25) is 5.91 Å². The van der Waals surface area contributed by atoms with Gasteiger partial charge in [-0.15, -0.1) is 0 Å². The van der Waals surface area contributed by atoms with E-state index in [1.165, 1.54) is 7.11 Å². The molecule has 1 N–H and O–H groups in total. The molecular formula is C18H21N3O5. The fraction of sp³-hybridized carbons (Fsp3) is 0.389. The number of aromatic nitrogens is 1. The Balaban J connectivity index is 1.95. The van der Waals surface area contributed by atoms with E-state index in [2.05, 4.69) is 10.5 Å². The standard InChI is InChI=1S/C18H21N3O5/c1-10-14(11(2)26-20-10)8-21-15-7-13(19-17(22)9-24-4)5-6-16(15)25-12(3)18(21)23/h5-7,12H,8-9H2,1-4H3,(H,19,22). The molecule has 0 aliphatic carbocycles. The highest BCUT2D eigenvalue weighted by molar-refractivity contribution is 6.01. The van der Waals surface area contributed by atoms with Gasteiger partial charge in [-0.05, 0) is 39.0 Å². The number of nitrogens with one attached hydrogen (secondary N) is 1. The smallest absolute Gasteiger partial charge is 0.268 e. The van der Waals surface area contributed by atoms with Crippen molar-refractivity contribution >= 4 is 23.2 Å². The van der Waals surface area contributed by atoms with Crippen molar-refractivity contribution in [3.63, 3.8) is 0 Å². The number of nitrogens with zero attached hydrogens (tertiary/aromatic N) is 2. The SMILES string of the molecule is COCC(=O)Nc1ccc2c(c1)N(Cc1c(C)noc1C)C(=O)C(C)O2. The van der Waals surface area contributed by atoms with Gasteiger partial charge in [0.05, 0.1) is 17.9 Å². The molecule has 0 fully saturated rings. The first-order chi connectivity index (χ1) is 12.4. The number of benzene rings is 1. The Labute approximate surface area is 151 Å². The number of carbonyl (C=O) groups is 2. The van der Waals surface area contributed by atoms with Gasteiger partial charge in [-0.1, -0.05) is 5.16 Å². The third-order valence-corrected chi connectivity index (χ3v) is 4.22. The molecule has 1 atom stereocenters. The highest BCUT2D eigenvalue weighted by atomic mass is 16.5. The van der Waals surface area contributed by atoms with Crippen LogP contribution in [-0.4, -0.2) is 36.8 Å². The van der Waals surface area contributed by atoms with Crippen molar-refractivity contribution in [3.05, 3.63) is 35.2 Å². The van der Waals surface area contributed by atoms with Crippen molar-refractivity contribution in [2.45, 2.75) is 33.4 Å². The Hall–Kier alpha value is -2.87. The quantitative estimate of drug-likeness (QED) is 0.879. The molecule has 0 saturated heterocycles. The van der Waals surface area contributed by atoms with Crippen LogP contribution in [0.4, 0.5) is 11.4 Å². The maximum Gasteiger partial charge on any atom is 0.268 e. The fourth-order valence-corrected chi connectivity index (χ4v) is 2.86. The van der Waals surface area contributed by atoms with E-state index in [0.29, 0.717) is 29.4 Å². The van der Waals surface area contributed by atoms with Crippen molar-refractivity contribution in [1.82, 2.24) is 5.16 Å². The molecule has 1 aromatic heterocycles. The third kappa shape index (κ3) is 3.41. The zero-order chi connectivity index (χ0) is 18.8. The van der Waals surface area contributed by atoms with E-state index in [0.717, 1.165) is 11.3 Å². The molecule has 2 aromatic rings. The second-order valence-corrected chi connectivity index (χ2v) is 6.15. The highest BCUT2D eigenvalue weighted by Gasteiger charge is 2.33. The van der Waals surface area contributed by atoms with Crippen molar-refractivity contribution in [3.8, 4) is 5.75 Å². The summed E-state index contributed by atoms with van der Waals surface area (Å²) in [7, 11) is 1.45. The molecule has 8 nitrogen and oxygen atoms in total. The van der Waals surface area contributed by atoms with Crippen LogP contribution in [0, 0.1) is 13.8 Å². The molecule has 3 rings (SSSR count). The van der Waals surface area contributed by atoms with E-state index in [1.54, 1.807) is 30.0 Å². The van der Waals surface area contributed by atoms with Gasteiger partial charge in [-0.25, -0.2) is 0 Å². The molecule has 1 aliphatic heterocycles. The summed E-state index contributed by atoms with van der Waals surface area (Å²) in [6.07, 6.45) is -0.600. The molecule has 0 saturated carbocycles. The van der Waals surface area contributed by atoms with Crippen LogP contribution in [0.3, 0.4) is 0 Å². The van der Waals surface area contributed by atoms with Gasteiger partial charge >= 0.3 is 0 Å². The number of amides is 2. The molecule has 1 aliphatic rings. The monoisotopic (exact) mass is 359 g/mol. The lowest BCUT2D eigenvalue weighted by atomic mass is 10.1. The van der Waals surface area contributed by atoms with Gasteiger partial charge in [-0.2, -0.15) is 0 Å². The Bertz CT molecular complexity index is 826. The number of hydrogen-bond acceptors (Lipinski definition) is 6. The van der Waals surface area contributed by atoms with Crippen LogP contribution in [0.2, 0.25) is 0 Å². The lowest BCUT2D eigenvalue weighted by molar-refractivity contribution is -0.125. The molecular weight excluding hydrogens is 338 g/mol. The molecule has 2 amide bonds. The van der Waals surface area contributed by atoms with Gasteiger partial charge in [0.1, 0.15) is 18.1 Å². The van der Waals surface area contributed by atoms with E-state index >= 15 is 0 Å². The predicted molar refractivity (Wildman–Crippen MR) is 94.2 cm³/mol. The van der Waals surface area contributed by atoms with Crippen molar-refractivity contribution in [2.24, 2.45) is 0 Å². The number of hydrogen-bond donors (Lipinski definition) is 1. The second kappa shape index (κ2) is 7.17. The van der Waals surface area contributed by atoms with E-state index in [4.69, 9.17) is 14.0 Å². The molecule has 8 heteroatoms. The van der Waals surface area contributed by atoms with Crippen LogP contribution in [-0.2, 0) is 20.9 Å². The van der Waals surface area contributed by atoms with Crippen LogP contribution < -0.4 is 15.0 Å². The Morgan fingerprint density at radius 3 is 2.81 bits per heavy atom. The van der Waals surface area contributed by atoms with Crippen molar-refractivity contribution < 1.29 is 23.6 Å². The minimum atomic E-state index is -0.600. The predicted octanol–water partition coefficient (Wildman–Crippen LogP) is 2.19. The molecule has 1 aromatic carbocycles. The van der Waals surface area contributed by atoms with E-state index in [-0.39, 0.29) is 18.4 Å². The van der Waals surface area contributed by atoms with Crippen LogP contribution in [0.15, 0.2) is 22.7 Å². The summed E-state index contributed by atoms with van der Waals surface area (Å²) in [4.78, 5) is 26.1. The maximum atomic E-state index is 12.7. The Morgan fingerprint density at radius 2 is 2.15 bits per heavy atom. The first kappa shape index (κ1) is 17.9. The first-order valence-electron chi connectivity index (χ1n) is 8.23. The zero-order valence-corrected chi connectivity index (χ0v) is 15.2. The van der Waals surface area contributed by atoms with Gasteiger partial charge < -0.3 is 24.2 Å². The number of ether oxygens (including phenoxy) is 2.